The van der Waals surface area contributed by atoms with Crippen LogP contribution in [0.25, 0.3) is 0 Å². The van der Waals surface area contributed by atoms with E-state index in [0.717, 1.165) is 19.4 Å². The Labute approximate surface area is 102 Å². The van der Waals surface area contributed by atoms with Crippen molar-refractivity contribution in [3.63, 3.8) is 0 Å². The fourth-order valence-corrected chi connectivity index (χ4v) is 2.55. The Morgan fingerprint density at radius 1 is 1.56 bits per heavy atom. The maximum Gasteiger partial charge on any atom is 0.165 e. The number of carbonyl (C=O) groups excluding carboxylic acids is 1. The van der Waals surface area contributed by atoms with Crippen LogP contribution in [0.2, 0.25) is 0 Å². The van der Waals surface area contributed by atoms with Crippen LogP contribution in [0.3, 0.4) is 0 Å². The Bertz CT molecular complexity index is 402. The standard InChI is InChI=1S/C12H13BrFNO/c13-11-6-8(14)3-4-10(11)12(16)7-9-2-1-5-15-9/h3-4,6,9,15H,1-2,5,7H2. The number of ketones is 1. The molecule has 1 heterocycles. The van der Waals surface area contributed by atoms with Crippen LogP contribution in [0, 0.1) is 5.82 Å². The van der Waals surface area contributed by atoms with Crippen LogP contribution < -0.4 is 5.32 Å². The molecule has 2 nitrogen and oxygen atoms in total. The van der Waals surface area contributed by atoms with E-state index in [2.05, 4.69) is 21.2 Å². The van der Waals surface area contributed by atoms with Crippen LogP contribution >= 0.6 is 15.9 Å². The molecule has 1 fully saturated rings. The summed E-state index contributed by atoms with van der Waals surface area (Å²) >= 11 is 3.22. The summed E-state index contributed by atoms with van der Waals surface area (Å²) in [6.45, 7) is 0.989. The molecular weight excluding hydrogens is 273 g/mol. The van der Waals surface area contributed by atoms with E-state index in [4.69, 9.17) is 0 Å². The van der Waals surface area contributed by atoms with E-state index in [9.17, 15) is 9.18 Å². The van der Waals surface area contributed by atoms with Gasteiger partial charge >= 0.3 is 0 Å². The maximum atomic E-state index is 12.9. The van der Waals surface area contributed by atoms with Crippen LogP contribution in [0.1, 0.15) is 29.6 Å². The highest BCUT2D eigenvalue weighted by molar-refractivity contribution is 9.10. The fourth-order valence-electron chi connectivity index (χ4n) is 1.98. The lowest BCUT2D eigenvalue weighted by Crippen LogP contribution is -2.24. The molecule has 0 saturated carbocycles. The van der Waals surface area contributed by atoms with Crippen molar-refractivity contribution in [3.8, 4) is 0 Å². The van der Waals surface area contributed by atoms with Gasteiger partial charge in [-0.25, -0.2) is 4.39 Å². The van der Waals surface area contributed by atoms with Gasteiger partial charge in [-0.2, -0.15) is 0 Å². The summed E-state index contributed by atoms with van der Waals surface area (Å²) in [5, 5.41) is 3.28. The summed E-state index contributed by atoms with van der Waals surface area (Å²) in [6, 6.07) is 4.47. The van der Waals surface area contributed by atoms with Gasteiger partial charge in [-0.3, -0.25) is 4.79 Å². The zero-order valence-electron chi connectivity index (χ0n) is 8.80. The molecule has 1 atom stereocenters. The van der Waals surface area contributed by atoms with Gasteiger partial charge in [0, 0.05) is 22.5 Å². The van der Waals surface area contributed by atoms with Gasteiger partial charge in [0.2, 0.25) is 0 Å². The molecule has 4 heteroatoms. The average Bonchev–Trinajstić information content (AvgIpc) is 2.70. The lowest BCUT2D eigenvalue weighted by molar-refractivity contribution is 0.0971. The number of Topliss-reactive ketones (excluding diaryl/α,β-unsaturated/α-hetero) is 1. The lowest BCUT2D eigenvalue weighted by atomic mass is 10.0. The highest BCUT2D eigenvalue weighted by Crippen LogP contribution is 2.21. The molecule has 0 aliphatic carbocycles. The highest BCUT2D eigenvalue weighted by atomic mass is 79.9. The number of halogens is 2. The van der Waals surface area contributed by atoms with E-state index in [-0.39, 0.29) is 17.6 Å². The molecule has 1 aliphatic rings. The van der Waals surface area contributed by atoms with Crippen LogP contribution in [0.15, 0.2) is 22.7 Å². The van der Waals surface area contributed by atoms with Gasteiger partial charge < -0.3 is 5.32 Å². The Balaban J connectivity index is 2.08. The maximum absolute atomic E-state index is 12.9. The van der Waals surface area contributed by atoms with Crippen molar-refractivity contribution in [1.29, 1.82) is 0 Å². The summed E-state index contributed by atoms with van der Waals surface area (Å²) in [5.41, 5.74) is 0.565. The summed E-state index contributed by atoms with van der Waals surface area (Å²) in [6.07, 6.45) is 2.66. The van der Waals surface area contributed by atoms with Crippen molar-refractivity contribution in [2.75, 3.05) is 6.54 Å². The molecule has 16 heavy (non-hydrogen) atoms. The summed E-state index contributed by atoms with van der Waals surface area (Å²) in [5.74, 6) is -0.270. The minimum absolute atomic E-state index is 0.0614. The molecule has 0 bridgehead atoms. The first-order chi connectivity index (χ1) is 7.66. The predicted molar refractivity (Wildman–Crippen MR) is 64.1 cm³/mol. The molecule has 2 rings (SSSR count). The second-order valence-electron chi connectivity index (χ2n) is 4.04. The van der Waals surface area contributed by atoms with Gasteiger partial charge in [0.05, 0.1) is 0 Å². The molecule has 1 aromatic carbocycles. The van der Waals surface area contributed by atoms with E-state index in [1.807, 2.05) is 0 Å². The number of benzene rings is 1. The van der Waals surface area contributed by atoms with Crippen LogP contribution in [0.5, 0.6) is 0 Å². The van der Waals surface area contributed by atoms with Crippen molar-refractivity contribution < 1.29 is 9.18 Å². The topological polar surface area (TPSA) is 29.1 Å². The van der Waals surface area contributed by atoms with Crippen molar-refractivity contribution in [2.24, 2.45) is 0 Å². The van der Waals surface area contributed by atoms with Crippen molar-refractivity contribution in [2.45, 2.75) is 25.3 Å². The zero-order chi connectivity index (χ0) is 11.5. The van der Waals surface area contributed by atoms with Crippen LogP contribution in [-0.4, -0.2) is 18.4 Å². The predicted octanol–water partition coefficient (Wildman–Crippen LogP) is 2.91. The molecule has 0 aromatic heterocycles. The van der Waals surface area contributed by atoms with Crippen molar-refractivity contribution >= 4 is 21.7 Å². The lowest BCUT2D eigenvalue weighted by Gasteiger charge is -2.09. The molecule has 0 radical (unpaired) electrons. The third-order valence-corrected chi connectivity index (χ3v) is 3.48. The largest absolute Gasteiger partial charge is 0.314 e. The molecule has 86 valence electrons. The van der Waals surface area contributed by atoms with Gasteiger partial charge in [0.15, 0.2) is 5.78 Å². The normalized spacial score (nSPS) is 20.0. The molecular formula is C12H13BrFNO. The SMILES string of the molecule is O=C(CC1CCCN1)c1ccc(F)cc1Br. The summed E-state index contributed by atoms with van der Waals surface area (Å²) in [7, 11) is 0. The third kappa shape index (κ3) is 2.68. The van der Waals surface area contributed by atoms with Gasteiger partial charge in [-0.05, 0) is 53.5 Å². The number of carbonyl (C=O) groups is 1. The second kappa shape index (κ2) is 5.06. The molecule has 1 N–H and O–H groups in total. The van der Waals surface area contributed by atoms with Crippen LogP contribution in [0.4, 0.5) is 4.39 Å². The van der Waals surface area contributed by atoms with Gasteiger partial charge in [-0.15, -0.1) is 0 Å². The summed E-state index contributed by atoms with van der Waals surface area (Å²) < 4.78 is 13.4. The molecule has 0 amide bonds. The summed E-state index contributed by atoms with van der Waals surface area (Å²) in [4.78, 5) is 11.9. The number of hydrogen-bond acceptors (Lipinski definition) is 2. The first-order valence-electron chi connectivity index (χ1n) is 5.38. The Morgan fingerprint density at radius 2 is 2.38 bits per heavy atom. The monoisotopic (exact) mass is 285 g/mol. The van der Waals surface area contributed by atoms with E-state index in [1.54, 1.807) is 0 Å². The minimum atomic E-state index is -0.331. The minimum Gasteiger partial charge on any atom is -0.314 e. The number of nitrogens with one attached hydrogen (secondary N) is 1. The second-order valence-corrected chi connectivity index (χ2v) is 4.90. The van der Waals surface area contributed by atoms with Gasteiger partial charge in [0.1, 0.15) is 5.82 Å². The van der Waals surface area contributed by atoms with E-state index in [0.29, 0.717) is 16.5 Å². The third-order valence-electron chi connectivity index (χ3n) is 2.83. The highest BCUT2D eigenvalue weighted by Gasteiger charge is 2.19. The zero-order valence-corrected chi connectivity index (χ0v) is 10.4. The molecule has 0 spiro atoms. The van der Waals surface area contributed by atoms with Gasteiger partial charge in [0.25, 0.3) is 0 Å². The Morgan fingerprint density at radius 3 is 3.00 bits per heavy atom. The fraction of sp³-hybridized carbons (Fsp3) is 0.417. The first kappa shape index (κ1) is 11.7. The smallest absolute Gasteiger partial charge is 0.165 e. The molecule has 1 saturated heterocycles. The number of rotatable bonds is 3. The quantitative estimate of drug-likeness (QED) is 0.866. The molecule has 1 unspecified atom stereocenters. The average molecular weight is 286 g/mol. The molecule has 1 aromatic rings. The van der Waals surface area contributed by atoms with E-state index in [1.165, 1.54) is 18.2 Å². The van der Waals surface area contributed by atoms with Crippen LogP contribution in [-0.2, 0) is 0 Å². The first-order valence-corrected chi connectivity index (χ1v) is 6.18. The number of hydrogen-bond donors (Lipinski definition) is 1. The Hall–Kier alpha value is -0.740. The molecule has 1 aliphatic heterocycles. The van der Waals surface area contributed by atoms with E-state index >= 15 is 0 Å². The Kier molecular flexibility index (Phi) is 3.71. The van der Waals surface area contributed by atoms with Crippen molar-refractivity contribution in [3.05, 3.63) is 34.1 Å². The van der Waals surface area contributed by atoms with Crippen molar-refractivity contribution in [1.82, 2.24) is 5.32 Å². The van der Waals surface area contributed by atoms with E-state index < -0.39 is 0 Å². The van der Waals surface area contributed by atoms with Gasteiger partial charge in [-0.1, -0.05) is 0 Å².